The number of hydrogen-bond donors (Lipinski definition) is 1. The van der Waals surface area contributed by atoms with Crippen molar-refractivity contribution >= 4 is 57.5 Å². The van der Waals surface area contributed by atoms with E-state index >= 15 is 0 Å². The summed E-state index contributed by atoms with van der Waals surface area (Å²) in [7, 11) is 0. The summed E-state index contributed by atoms with van der Waals surface area (Å²) in [6.45, 7) is -0.157. The highest BCUT2D eigenvalue weighted by Crippen LogP contribution is 2.32. The maximum atomic E-state index is 12.1. The average molecular weight is 448 g/mol. The zero-order chi connectivity index (χ0) is 20.4. The fourth-order valence-corrected chi connectivity index (χ4v) is 3.39. The van der Waals surface area contributed by atoms with Crippen LogP contribution in [0.3, 0.4) is 0 Å². The lowest BCUT2D eigenvalue weighted by molar-refractivity contribution is -0.118. The number of aromatic nitrogens is 1. The molecule has 1 N–H and O–H groups in total. The standard InChI is InChI=1S/C21H13Cl3N2O3/c22-13-9-16(24)20-17(10-13)26-21(29-20)12-5-7-14(8-6-12)25-19(27)11-28-18-4-2-1-3-15(18)23/h1-10H,11H2,(H,25,27). The van der Waals surface area contributed by atoms with Gasteiger partial charge in [0.2, 0.25) is 5.89 Å². The smallest absolute Gasteiger partial charge is 0.262 e. The fraction of sp³-hybridized carbons (Fsp3) is 0.0476. The highest BCUT2D eigenvalue weighted by molar-refractivity contribution is 6.38. The molecule has 5 nitrogen and oxygen atoms in total. The molecule has 1 heterocycles. The van der Waals surface area contributed by atoms with E-state index in [0.717, 1.165) is 5.56 Å². The first-order valence-corrected chi connectivity index (χ1v) is 9.66. The van der Waals surface area contributed by atoms with Crippen LogP contribution in [0, 0.1) is 0 Å². The third kappa shape index (κ3) is 4.48. The number of halogens is 3. The predicted molar refractivity (Wildman–Crippen MR) is 115 cm³/mol. The molecule has 0 unspecified atom stereocenters. The highest BCUT2D eigenvalue weighted by Gasteiger charge is 2.13. The van der Waals surface area contributed by atoms with Crippen molar-refractivity contribution in [3.8, 4) is 17.2 Å². The molecule has 0 aliphatic carbocycles. The molecule has 3 aromatic carbocycles. The number of anilines is 1. The van der Waals surface area contributed by atoms with Gasteiger partial charge in [-0.3, -0.25) is 4.79 Å². The molecule has 0 saturated carbocycles. The topological polar surface area (TPSA) is 64.4 Å². The quantitative estimate of drug-likeness (QED) is 0.381. The van der Waals surface area contributed by atoms with E-state index in [1.165, 1.54) is 0 Å². The van der Waals surface area contributed by atoms with Gasteiger partial charge in [-0.25, -0.2) is 4.98 Å². The van der Waals surface area contributed by atoms with Crippen LogP contribution in [0.4, 0.5) is 5.69 Å². The molecule has 0 aliphatic rings. The van der Waals surface area contributed by atoms with E-state index < -0.39 is 0 Å². The first-order valence-electron chi connectivity index (χ1n) is 8.53. The van der Waals surface area contributed by atoms with Crippen LogP contribution in [0.25, 0.3) is 22.6 Å². The van der Waals surface area contributed by atoms with Crippen LogP contribution in [0.2, 0.25) is 15.1 Å². The summed E-state index contributed by atoms with van der Waals surface area (Å²) in [5.74, 6) is 0.555. The summed E-state index contributed by atoms with van der Waals surface area (Å²) in [6.07, 6.45) is 0. The summed E-state index contributed by atoms with van der Waals surface area (Å²) in [4.78, 5) is 16.5. The number of hydrogen-bond acceptors (Lipinski definition) is 4. The van der Waals surface area contributed by atoms with Crippen molar-refractivity contribution in [2.75, 3.05) is 11.9 Å². The van der Waals surface area contributed by atoms with Crippen LogP contribution >= 0.6 is 34.8 Å². The van der Waals surface area contributed by atoms with Gasteiger partial charge in [0.1, 0.15) is 11.3 Å². The highest BCUT2D eigenvalue weighted by atomic mass is 35.5. The van der Waals surface area contributed by atoms with E-state index in [9.17, 15) is 4.79 Å². The number of carbonyl (C=O) groups is 1. The van der Waals surface area contributed by atoms with Crippen LogP contribution in [-0.2, 0) is 4.79 Å². The first-order chi connectivity index (χ1) is 14.0. The van der Waals surface area contributed by atoms with E-state index in [2.05, 4.69) is 10.3 Å². The number of amides is 1. The number of fused-ring (bicyclic) bond motifs is 1. The second kappa shape index (κ2) is 8.33. The molecule has 146 valence electrons. The second-order valence-corrected chi connectivity index (χ2v) is 7.35. The Balaban J connectivity index is 1.43. The van der Waals surface area contributed by atoms with Crippen LogP contribution < -0.4 is 10.1 Å². The molecule has 0 atom stereocenters. The number of carbonyl (C=O) groups excluding carboxylic acids is 1. The van der Waals surface area contributed by atoms with Crippen molar-refractivity contribution in [1.29, 1.82) is 0 Å². The van der Waals surface area contributed by atoms with Crippen molar-refractivity contribution in [2.45, 2.75) is 0 Å². The zero-order valence-electron chi connectivity index (χ0n) is 14.8. The summed E-state index contributed by atoms with van der Waals surface area (Å²) in [5.41, 5.74) is 2.39. The van der Waals surface area contributed by atoms with Gasteiger partial charge in [0.15, 0.2) is 12.2 Å². The molecule has 0 aliphatic heterocycles. The summed E-state index contributed by atoms with van der Waals surface area (Å²) >= 11 is 18.1. The van der Waals surface area contributed by atoms with E-state index in [1.807, 2.05) is 0 Å². The Hall–Kier alpha value is -2.73. The van der Waals surface area contributed by atoms with Crippen LogP contribution in [0.1, 0.15) is 0 Å². The molecule has 4 aromatic rings. The van der Waals surface area contributed by atoms with Crippen LogP contribution in [0.15, 0.2) is 65.1 Å². The maximum Gasteiger partial charge on any atom is 0.262 e. The average Bonchev–Trinajstić information content (AvgIpc) is 3.12. The van der Waals surface area contributed by atoms with Crippen molar-refractivity contribution in [1.82, 2.24) is 4.98 Å². The molecular weight excluding hydrogens is 435 g/mol. The summed E-state index contributed by atoms with van der Waals surface area (Å²) in [5, 5.41) is 4.09. The minimum absolute atomic E-state index is 0.157. The third-order valence-electron chi connectivity index (χ3n) is 4.02. The molecule has 0 saturated heterocycles. The first kappa shape index (κ1) is 19.6. The van der Waals surface area contributed by atoms with Gasteiger partial charge in [0.25, 0.3) is 5.91 Å². The molecule has 1 amide bonds. The van der Waals surface area contributed by atoms with Crippen LogP contribution in [0.5, 0.6) is 5.75 Å². The summed E-state index contributed by atoms with van der Waals surface area (Å²) < 4.78 is 11.2. The number of rotatable bonds is 5. The molecule has 8 heteroatoms. The Morgan fingerprint density at radius 1 is 1.00 bits per heavy atom. The molecule has 0 fully saturated rings. The molecule has 0 spiro atoms. The SMILES string of the molecule is O=C(COc1ccccc1Cl)Nc1ccc(-c2nc3cc(Cl)cc(Cl)c3o2)cc1. The van der Waals surface area contributed by atoms with Gasteiger partial charge in [-0.2, -0.15) is 0 Å². The number of ether oxygens (including phenoxy) is 1. The van der Waals surface area contributed by atoms with Crippen molar-refractivity contribution in [2.24, 2.45) is 0 Å². The Morgan fingerprint density at radius 3 is 2.52 bits per heavy atom. The zero-order valence-corrected chi connectivity index (χ0v) is 17.1. The largest absolute Gasteiger partial charge is 0.482 e. The number of benzene rings is 3. The number of nitrogens with zero attached hydrogens (tertiary/aromatic N) is 1. The van der Waals surface area contributed by atoms with Gasteiger partial charge in [-0.05, 0) is 48.5 Å². The van der Waals surface area contributed by atoms with E-state index in [-0.39, 0.29) is 12.5 Å². The van der Waals surface area contributed by atoms with Crippen molar-refractivity contribution < 1.29 is 13.9 Å². The molecule has 29 heavy (non-hydrogen) atoms. The Bertz CT molecular complexity index is 1190. The number of nitrogens with one attached hydrogen (secondary N) is 1. The Kier molecular flexibility index (Phi) is 5.62. The van der Waals surface area contributed by atoms with Gasteiger partial charge in [-0.15, -0.1) is 0 Å². The van der Waals surface area contributed by atoms with E-state index in [0.29, 0.717) is 43.5 Å². The monoisotopic (exact) mass is 446 g/mol. The third-order valence-corrected chi connectivity index (χ3v) is 4.83. The fourth-order valence-electron chi connectivity index (χ4n) is 2.68. The van der Waals surface area contributed by atoms with Gasteiger partial charge < -0.3 is 14.5 Å². The van der Waals surface area contributed by atoms with Gasteiger partial charge in [0, 0.05) is 16.3 Å². The maximum absolute atomic E-state index is 12.1. The molecule has 0 radical (unpaired) electrons. The van der Waals surface area contributed by atoms with Gasteiger partial charge in [0.05, 0.1) is 10.0 Å². The molecular formula is C21H13Cl3N2O3. The number of para-hydroxylation sites is 1. The lowest BCUT2D eigenvalue weighted by Gasteiger charge is -2.08. The van der Waals surface area contributed by atoms with Crippen LogP contribution in [-0.4, -0.2) is 17.5 Å². The van der Waals surface area contributed by atoms with Gasteiger partial charge in [-0.1, -0.05) is 46.9 Å². The van der Waals surface area contributed by atoms with Crippen molar-refractivity contribution in [3.05, 3.63) is 75.7 Å². The lowest BCUT2D eigenvalue weighted by Crippen LogP contribution is -2.20. The minimum Gasteiger partial charge on any atom is -0.482 e. The van der Waals surface area contributed by atoms with Crippen molar-refractivity contribution in [3.63, 3.8) is 0 Å². The molecule has 4 rings (SSSR count). The number of oxazole rings is 1. The minimum atomic E-state index is -0.305. The molecule has 1 aromatic heterocycles. The summed E-state index contributed by atoms with van der Waals surface area (Å²) in [6, 6.07) is 17.3. The van der Waals surface area contributed by atoms with Gasteiger partial charge >= 0.3 is 0 Å². The Labute approximate surface area is 181 Å². The molecule has 0 bridgehead atoms. The predicted octanol–water partition coefficient (Wildman–Crippen LogP) is 6.47. The second-order valence-electron chi connectivity index (χ2n) is 6.10. The van der Waals surface area contributed by atoms with E-state index in [1.54, 1.807) is 60.7 Å². The van der Waals surface area contributed by atoms with E-state index in [4.69, 9.17) is 44.0 Å². The Morgan fingerprint density at radius 2 is 1.76 bits per heavy atom. The normalized spacial score (nSPS) is 10.9. The lowest BCUT2D eigenvalue weighted by atomic mass is 10.2.